The third kappa shape index (κ3) is 3.02. The van der Waals surface area contributed by atoms with Crippen LogP contribution in [0.3, 0.4) is 0 Å². The van der Waals surface area contributed by atoms with E-state index < -0.39 is 9.84 Å². The molecule has 0 aliphatic carbocycles. The van der Waals surface area contributed by atoms with Crippen LogP contribution in [-0.2, 0) is 14.6 Å². The number of hydrogen-bond donors (Lipinski definition) is 0. The number of thioether (sulfide) groups is 1. The van der Waals surface area contributed by atoms with Gasteiger partial charge in [0.1, 0.15) is 4.32 Å². The number of aromatic nitrogens is 1. The van der Waals surface area contributed by atoms with Gasteiger partial charge in [-0.25, -0.2) is 8.42 Å². The van der Waals surface area contributed by atoms with Gasteiger partial charge in [-0.1, -0.05) is 30.0 Å². The van der Waals surface area contributed by atoms with Gasteiger partial charge in [-0.2, -0.15) is 0 Å². The molecule has 2 aliphatic rings. The Balaban J connectivity index is 1.85. The summed E-state index contributed by atoms with van der Waals surface area (Å²) in [6.07, 6.45) is 5.50. The first-order valence-corrected chi connectivity index (χ1v) is 9.38. The van der Waals surface area contributed by atoms with E-state index in [-0.39, 0.29) is 23.5 Å². The second-order valence-electron chi connectivity index (χ2n) is 4.89. The van der Waals surface area contributed by atoms with Crippen LogP contribution in [0.5, 0.6) is 0 Å². The van der Waals surface area contributed by atoms with Gasteiger partial charge in [0, 0.05) is 12.4 Å². The van der Waals surface area contributed by atoms with Crippen LogP contribution < -0.4 is 0 Å². The molecule has 2 fully saturated rings. The fraction of sp³-hybridized carbons (Fsp3) is 0.308. The molecule has 0 radical (unpaired) electrons. The number of carbonyl (C=O) groups is 1. The number of carbonyl (C=O) groups excluding carboxylic acids is 1. The summed E-state index contributed by atoms with van der Waals surface area (Å²) >= 11 is 6.45. The van der Waals surface area contributed by atoms with Gasteiger partial charge in [-0.05, 0) is 24.1 Å². The predicted octanol–water partition coefficient (Wildman–Crippen LogP) is 1.47. The van der Waals surface area contributed by atoms with Gasteiger partial charge in [-0.3, -0.25) is 14.7 Å². The highest BCUT2D eigenvalue weighted by Gasteiger charge is 2.41. The molecule has 3 heterocycles. The molecule has 8 heteroatoms. The highest BCUT2D eigenvalue weighted by Crippen LogP contribution is 2.36. The standard InChI is InChI=1S/C13H12N2O3S3/c16-12-11(6-9-2-1-4-14-7-9)20-13(19)15(12)10-3-5-21(17,18)8-10/h1-2,4,6-7,10H,3,5,8H2/b11-6+/t10-/m0/s1. The van der Waals surface area contributed by atoms with Crippen LogP contribution in [0.25, 0.3) is 6.08 Å². The summed E-state index contributed by atoms with van der Waals surface area (Å²) in [5, 5.41) is 0. The van der Waals surface area contributed by atoms with Crippen LogP contribution in [0.4, 0.5) is 0 Å². The molecule has 5 nitrogen and oxygen atoms in total. The van der Waals surface area contributed by atoms with Crippen molar-refractivity contribution < 1.29 is 13.2 Å². The lowest BCUT2D eigenvalue weighted by Gasteiger charge is -2.20. The smallest absolute Gasteiger partial charge is 0.266 e. The van der Waals surface area contributed by atoms with Crippen molar-refractivity contribution in [2.24, 2.45) is 0 Å². The summed E-state index contributed by atoms with van der Waals surface area (Å²) < 4.78 is 23.6. The second-order valence-corrected chi connectivity index (χ2v) is 8.80. The molecule has 21 heavy (non-hydrogen) atoms. The minimum absolute atomic E-state index is 0.000384. The zero-order valence-corrected chi connectivity index (χ0v) is 13.4. The van der Waals surface area contributed by atoms with Crippen molar-refractivity contribution in [3.8, 4) is 0 Å². The van der Waals surface area contributed by atoms with E-state index in [1.54, 1.807) is 24.5 Å². The van der Waals surface area contributed by atoms with Crippen molar-refractivity contribution in [3.63, 3.8) is 0 Å². The van der Waals surface area contributed by atoms with Gasteiger partial charge in [-0.15, -0.1) is 0 Å². The predicted molar refractivity (Wildman–Crippen MR) is 86.3 cm³/mol. The highest BCUT2D eigenvalue weighted by molar-refractivity contribution is 8.26. The number of rotatable bonds is 2. The largest absolute Gasteiger partial charge is 0.289 e. The minimum atomic E-state index is -3.05. The van der Waals surface area contributed by atoms with E-state index in [9.17, 15) is 13.2 Å². The molecule has 110 valence electrons. The lowest BCUT2D eigenvalue weighted by atomic mass is 10.2. The average molecular weight is 340 g/mol. The maximum Gasteiger partial charge on any atom is 0.266 e. The summed E-state index contributed by atoms with van der Waals surface area (Å²) in [6, 6.07) is 3.30. The maximum atomic E-state index is 12.5. The second kappa shape index (κ2) is 5.51. The molecule has 1 aromatic rings. The molecular formula is C13H12N2O3S3. The Morgan fingerprint density at radius 3 is 2.90 bits per heavy atom. The van der Waals surface area contributed by atoms with Gasteiger partial charge in [0.15, 0.2) is 9.84 Å². The number of thiocarbonyl (C=S) groups is 1. The van der Waals surface area contributed by atoms with Crippen LogP contribution in [-0.4, -0.2) is 46.1 Å². The monoisotopic (exact) mass is 340 g/mol. The van der Waals surface area contributed by atoms with Gasteiger partial charge in [0.25, 0.3) is 5.91 Å². The summed E-state index contributed by atoms with van der Waals surface area (Å²) in [6.45, 7) is 0. The van der Waals surface area contributed by atoms with Gasteiger partial charge in [0.05, 0.1) is 22.5 Å². The molecule has 1 atom stereocenters. The molecule has 3 rings (SSSR count). The summed E-state index contributed by atoms with van der Waals surface area (Å²) in [5.41, 5.74) is 0.817. The van der Waals surface area contributed by atoms with Crippen LogP contribution in [0.1, 0.15) is 12.0 Å². The van der Waals surface area contributed by atoms with Crippen LogP contribution in [0.2, 0.25) is 0 Å². The zero-order chi connectivity index (χ0) is 15.0. The van der Waals surface area contributed by atoms with Gasteiger partial charge in [0.2, 0.25) is 0 Å². The highest BCUT2D eigenvalue weighted by atomic mass is 32.2. The first-order valence-electron chi connectivity index (χ1n) is 6.34. The normalized spacial score (nSPS) is 26.8. The molecule has 1 amide bonds. The van der Waals surface area contributed by atoms with Crippen molar-refractivity contribution in [2.75, 3.05) is 11.5 Å². The molecule has 0 aromatic carbocycles. The molecule has 1 aromatic heterocycles. The van der Waals surface area contributed by atoms with Crippen molar-refractivity contribution in [1.82, 2.24) is 9.88 Å². The summed E-state index contributed by atoms with van der Waals surface area (Å²) in [5.74, 6) is -0.0911. The number of hydrogen-bond acceptors (Lipinski definition) is 6. The minimum Gasteiger partial charge on any atom is -0.289 e. The number of pyridine rings is 1. The summed E-state index contributed by atoms with van der Waals surface area (Å²) in [7, 11) is -3.05. The van der Waals surface area contributed by atoms with Crippen molar-refractivity contribution in [1.29, 1.82) is 0 Å². The Labute approximate surface area is 132 Å². The van der Waals surface area contributed by atoms with Gasteiger partial charge < -0.3 is 0 Å². The topological polar surface area (TPSA) is 67.3 Å². The Hall–Kier alpha value is -1.25. The molecular weight excluding hydrogens is 328 g/mol. The molecule has 0 bridgehead atoms. The fourth-order valence-corrected chi connectivity index (χ4v) is 5.49. The zero-order valence-electron chi connectivity index (χ0n) is 10.9. The first-order chi connectivity index (χ1) is 9.96. The summed E-state index contributed by atoms with van der Waals surface area (Å²) in [4.78, 5) is 18.4. The molecule has 2 aliphatic heterocycles. The quantitative estimate of drug-likeness (QED) is 0.600. The average Bonchev–Trinajstić information content (AvgIpc) is 2.91. The Morgan fingerprint density at radius 1 is 1.48 bits per heavy atom. The van der Waals surface area contributed by atoms with E-state index in [1.807, 2.05) is 6.07 Å². The van der Waals surface area contributed by atoms with Crippen molar-refractivity contribution >= 4 is 50.1 Å². The van der Waals surface area contributed by atoms with E-state index in [4.69, 9.17) is 12.2 Å². The molecule has 0 unspecified atom stereocenters. The molecule has 0 spiro atoms. The fourth-order valence-electron chi connectivity index (χ4n) is 2.39. The molecule has 0 saturated carbocycles. The Morgan fingerprint density at radius 2 is 2.29 bits per heavy atom. The van der Waals surface area contributed by atoms with Crippen LogP contribution in [0, 0.1) is 0 Å². The SMILES string of the molecule is O=C1/C(=C\c2cccnc2)SC(=S)N1[C@H]1CCS(=O)(=O)C1. The van der Waals surface area contributed by atoms with E-state index in [1.165, 1.54) is 16.7 Å². The van der Waals surface area contributed by atoms with E-state index in [2.05, 4.69) is 4.98 Å². The van der Waals surface area contributed by atoms with E-state index >= 15 is 0 Å². The molecule has 0 N–H and O–H groups in total. The van der Waals surface area contributed by atoms with Crippen LogP contribution >= 0.6 is 24.0 Å². The lowest BCUT2D eigenvalue weighted by molar-refractivity contribution is -0.123. The van der Waals surface area contributed by atoms with E-state index in [0.29, 0.717) is 15.6 Å². The molecule has 2 saturated heterocycles. The first kappa shape index (κ1) is 14.7. The Bertz CT molecular complexity index is 728. The maximum absolute atomic E-state index is 12.5. The van der Waals surface area contributed by atoms with Gasteiger partial charge >= 0.3 is 0 Å². The number of amides is 1. The number of nitrogens with zero attached hydrogens (tertiary/aromatic N) is 2. The Kier molecular flexibility index (Phi) is 3.85. The van der Waals surface area contributed by atoms with Crippen LogP contribution in [0.15, 0.2) is 29.4 Å². The third-order valence-corrected chi connectivity index (χ3v) is 6.46. The third-order valence-electron chi connectivity index (χ3n) is 3.38. The van der Waals surface area contributed by atoms with E-state index in [0.717, 1.165) is 5.56 Å². The lowest BCUT2D eigenvalue weighted by Crippen LogP contribution is -2.39. The van der Waals surface area contributed by atoms with Crippen molar-refractivity contribution in [2.45, 2.75) is 12.5 Å². The number of sulfone groups is 1. The van der Waals surface area contributed by atoms with Crippen molar-refractivity contribution in [3.05, 3.63) is 35.0 Å².